The second kappa shape index (κ2) is 12.5. The third-order valence-corrected chi connectivity index (χ3v) is 8.63. The number of furan rings is 1. The van der Waals surface area contributed by atoms with Crippen LogP contribution in [0.4, 0.5) is 11.4 Å². The highest BCUT2D eigenvalue weighted by atomic mass is 32.2. The fraction of sp³-hybridized carbons (Fsp3) is 0.333. The number of carbonyl (C=O) groups is 2. The molecule has 2 atom stereocenters. The van der Waals surface area contributed by atoms with E-state index in [1.54, 1.807) is 26.0 Å². The summed E-state index contributed by atoms with van der Waals surface area (Å²) in [6.07, 6.45) is 4.80. The molecule has 1 aliphatic rings. The number of nitrogens with one attached hydrogen (secondary N) is 1. The molecule has 2 N–H and O–H groups in total. The quantitative estimate of drug-likeness (QED) is 0.142. The normalized spacial score (nSPS) is 14.5. The molecule has 2 unspecified atom stereocenters. The van der Waals surface area contributed by atoms with E-state index in [0.29, 0.717) is 17.1 Å². The minimum atomic E-state index is -2.43. The molecule has 1 heterocycles. The van der Waals surface area contributed by atoms with E-state index in [1.807, 2.05) is 55.5 Å². The van der Waals surface area contributed by atoms with Crippen LogP contribution in [0.25, 0.3) is 22.1 Å². The van der Waals surface area contributed by atoms with Crippen molar-refractivity contribution in [3.05, 3.63) is 83.6 Å². The third-order valence-electron chi connectivity index (χ3n) is 7.86. The van der Waals surface area contributed by atoms with Crippen molar-refractivity contribution in [2.45, 2.75) is 52.5 Å². The number of hydrogen-bond donors (Lipinski definition) is 2. The fourth-order valence-corrected chi connectivity index (χ4v) is 6.25. The van der Waals surface area contributed by atoms with Gasteiger partial charge in [-0.25, -0.2) is 9.00 Å². The van der Waals surface area contributed by atoms with Gasteiger partial charge in [-0.2, -0.15) is 0 Å². The maximum atomic E-state index is 13.2. The average molecular weight is 589 g/mol. The number of methoxy groups -OCH3 is 1. The number of amides is 1. The summed E-state index contributed by atoms with van der Waals surface area (Å²) in [6.45, 7) is 5.52. The van der Waals surface area contributed by atoms with Crippen LogP contribution in [0, 0.1) is 18.8 Å². The molecule has 4 aromatic rings. The molecule has 1 fully saturated rings. The molecule has 1 saturated carbocycles. The summed E-state index contributed by atoms with van der Waals surface area (Å²) in [5.74, 6) is 0.0211. The van der Waals surface area contributed by atoms with E-state index < -0.39 is 23.3 Å². The molecule has 3 aromatic carbocycles. The number of nitrogens with zero attached hydrogens (tertiary/aromatic N) is 1. The van der Waals surface area contributed by atoms with Crippen molar-refractivity contribution in [2.24, 2.45) is 11.8 Å². The van der Waals surface area contributed by atoms with Crippen LogP contribution in [0.1, 0.15) is 54.8 Å². The van der Waals surface area contributed by atoms with Crippen LogP contribution in [-0.2, 0) is 27.2 Å². The molecule has 220 valence electrons. The Morgan fingerprint density at radius 1 is 1.05 bits per heavy atom. The van der Waals surface area contributed by atoms with Gasteiger partial charge < -0.3 is 14.5 Å². The highest BCUT2D eigenvalue weighted by Crippen LogP contribution is 2.36. The Balaban J connectivity index is 1.30. The van der Waals surface area contributed by atoms with E-state index in [-0.39, 0.29) is 11.8 Å². The monoisotopic (exact) mass is 588 g/mol. The van der Waals surface area contributed by atoms with Gasteiger partial charge in [0, 0.05) is 16.6 Å². The SMILES string of the molecule is COC(=O)C(C(C)C)N(c1ccc(-c2ccc(NC(=O)c3oc4cccc(CCC5CC5)c4c3C)cc2)cc1)S(=O)O. The summed E-state index contributed by atoms with van der Waals surface area (Å²) in [7, 11) is 1.26. The molecule has 5 rings (SSSR count). The number of fused-ring (bicyclic) bond motifs is 1. The molecular formula is C33H36N2O6S. The zero-order valence-electron chi connectivity index (χ0n) is 24.3. The zero-order valence-corrected chi connectivity index (χ0v) is 25.1. The molecule has 0 bridgehead atoms. The standard InChI is InChI=1S/C33H36N2O6S/c1-20(2)30(33(37)40-4)35(42(38)39)27-18-14-24(15-19-27)23-12-16-26(17-13-23)34-32(36)31-21(3)29-25(11-10-22-8-9-22)6-5-7-28(29)41-31/h5-7,12-20,22,30H,8-11H2,1-4H3,(H,34,36)(H,38,39). The third kappa shape index (κ3) is 6.27. The number of anilines is 2. The van der Waals surface area contributed by atoms with Crippen LogP contribution in [0.2, 0.25) is 0 Å². The van der Waals surface area contributed by atoms with Gasteiger partial charge in [0.05, 0.1) is 12.8 Å². The first kappa shape index (κ1) is 29.5. The molecule has 0 aliphatic heterocycles. The van der Waals surface area contributed by atoms with E-state index in [4.69, 9.17) is 9.15 Å². The minimum absolute atomic E-state index is 0.256. The van der Waals surface area contributed by atoms with Crippen molar-refractivity contribution < 1.29 is 27.5 Å². The number of aryl methyl sites for hydroxylation is 2. The van der Waals surface area contributed by atoms with Crippen molar-refractivity contribution in [3.63, 3.8) is 0 Å². The lowest BCUT2D eigenvalue weighted by molar-refractivity contribution is -0.142. The molecular weight excluding hydrogens is 552 g/mol. The van der Waals surface area contributed by atoms with E-state index >= 15 is 0 Å². The van der Waals surface area contributed by atoms with Crippen LogP contribution in [0.3, 0.4) is 0 Å². The van der Waals surface area contributed by atoms with E-state index in [2.05, 4.69) is 11.4 Å². The zero-order chi connectivity index (χ0) is 30.0. The second-order valence-corrected chi connectivity index (χ2v) is 12.0. The molecule has 1 amide bonds. The van der Waals surface area contributed by atoms with Gasteiger partial charge in [0.1, 0.15) is 11.6 Å². The Bertz CT molecular complexity index is 1610. The van der Waals surface area contributed by atoms with Gasteiger partial charge in [-0.05, 0) is 78.6 Å². The Morgan fingerprint density at radius 3 is 2.26 bits per heavy atom. The highest BCUT2D eigenvalue weighted by molar-refractivity contribution is 7.80. The number of esters is 1. The van der Waals surface area contributed by atoms with Crippen LogP contribution in [0.15, 0.2) is 71.1 Å². The largest absolute Gasteiger partial charge is 0.467 e. The van der Waals surface area contributed by atoms with Gasteiger partial charge in [-0.3, -0.25) is 13.7 Å². The molecule has 8 nitrogen and oxygen atoms in total. The maximum absolute atomic E-state index is 13.2. The Labute approximate surface area is 248 Å². The van der Waals surface area contributed by atoms with Crippen molar-refractivity contribution >= 4 is 45.5 Å². The van der Waals surface area contributed by atoms with Crippen LogP contribution < -0.4 is 9.62 Å². The van der Waals surface area contributed by atoms with Gasteiger partial charge in [-0.1, -0.05) is 63.1 Å². The van der Waals surface area contributed by atoms with Gasteiger partial charge in [-0.15, -0.1) is 0 Å². The summed E-state index contributed by atoms with van der Waals surface area (Å²) < 4.78 is 34.2. The van der Waals surface area contributed by atoms with Gasteiger partial charge in [0.15, 0.2) is 5.76 Å². The Hall–Kier alpha value is -3.95. The van der Waals surface area contributed by atoms with Crippen LogP contribution >= 0.6 is 0 Å². The summed E-state index contributed by atoms with van der Waals surface area (Å²) in [5.41, 5.74) is 5.64. The highest BCUT2D eigenvalue weighted by Gasteiger charge is 2.34. The smallest absolute Gasteiger partial charge is 0.329 e. The Kier molecular flexibility index (Phi) is 8.80. The lowest BCUT2D eigenvalue weighted by atomic mass is 10.0. The average Bonchev–Trinajstić information content (AvgIpc) is 3.75. The Morgan fingerprint density at radius 2 is 1.69 bits per heavy atom. The van der Waals surface area contributed by atoms with E-state index in [0.717, 1.165) is 44.3 Å². The van der Waals surface area contributed by atoms with Crippen molar-refractivity contribution in [1.82, 2.24) is 0 Å². The molecule has 42 heavy (non-hydrogen) atoms. The predicted molar refractivity (Wildman–Crippen MR) is 166 cm³/mol. The number of ether oxygens (including phenoxy) is 1. The first-order valence-corrected chi connectivity index (χ1v) is 15.2. The first-order chi connectivity index (χ1) is 20.2. The minimum Gasteiger partial charge on any atom is -0.467 e. The molecule has 0 saturated heterocycles. The van der Waals surface area contributed by atoms with Crippen molar-refractivity contribution in [3.8, 4) is 11.1 Å². The molecule has 1 aliphatic carbocycles. The number of hydrogen-bond acceptors (Lipinski definition) is 5. The van der Waals surface area contributed by atoms with Crippen molar-refractivity contribution in [1.29, 1.82) is 0 Å². The number of benzene rings is 3. The van der Waals surface area contributed by atoms with Gasteiger partial charge in [0.2, 0.25) is 0 Å². The molecule has 0 radical (unpaired) electrons. The number of rotatable bonds is 11. The maximum Gasteiger partial charge on any atom is 0.329 e. The van der Waals surface area contributed by atoms with E-state index in [9.17, 15) is 18.4 Å². The molecule has 0 spiro atoms. The summed E-state index contributed by atoms with van der Waals surface area (Å²) in [6, 6.07) is 19.6. The second-order valence-electron chi connectivity index (χ2n) is 11.2. The lowest BCUT2D eigenvalue weighted by Gasteiger charge is -2.30. The van der Waals surface area contributed by atoms with Crippen LogP contribution in [0.5, 0.6) is 0 Å². The van der Waals surface area contributed by atoms with Crippen LogP contribution in [-0.4, -0.2) is 33.8 Å². The topological polar surface area (TPSA) is 109 Å². The fourth-order valence-electron chi connectivity index (χ4n) is 5.42. The number of carbonyl (C=O) groups excluding carboxylic acids is 2. The summed E-state index contributed by atoms with van der Waals surface area (Å²) >= 11 is -2.43. The lowest BCUT2D eigenvalue weighted by Crippen LogP contribution is -2.46. The van der Waals surface area contributed by atoms with E-state index in [1.165, 1.54) is 31.9 Å². The van der Waals surface area contributed by atoms with Crippen molar-refractivity contribution in [2.75, 3.05) is 16.7 Å². The summed E-state index contributed by atoms with van der Waals surface area (Å²) in [5, 5.41) is 3.99. The molecule has 1 aromatic heterocycles. The first-order valence-electron chi connectivity index (χ1n) is 14.2. The van der Waals surface area contributed by atoms with Gasteiger partial charge >= 0.3 is 5.97 Å². The summed E-state index contributed by atoms with van der Waals surface area (Å²) in [4.78, 5) is 25.5. The molecule has 9 heteroatoms. The van der Waals surface area contributed by atoms with Gasteiger partial charge in [0.25, 0.3) is 17.2 Å². The predicted octanol–water partition coefficient (Wildman–Crippen LogP) is 7.14.